The zero-order valence-electron chi connectivity index (χ0n) is 7.05. The quantitative estimate of drug-likeness (QED) is 0.743. The van der Waals surface area contributed by atoms with Crippen LogP contribution in [0.15, 0.2) is 11.4 Å². The Morgan fingerprint density at radius 3 is 3.08 bits per heavy atom. The predicted octanol–water partition coefficient (Wildman–Crippen LogP) is 3.29. The van der Waals surface area contributed by atoms with E-state index in [2.05, 4.69) is 28.2 Å². The summed E-state index contributed by atoms with van der Waals surface area (Å²) in [5.41, 5.74) is 0. The van der Waals surface area contributed by atoms with E-state index in [9.17, 15) is 0 Å². The highest BCUT2D eigenvalue weighted by Crippen LogP contribution is 2.27. The number of ether oxygens (including phenoxy) is 1. The van der Waals surface area contributed by atoms with Crippen molar-refractivity contribution in [1.29, 1.82) is 0 Å². The van der Waals surface area contributed by atoms with Crippen molar-refractivity contribution in [3.63, 3.8) is 0 Å². The molecule has 1 rings (SSSR count). The zero-order chi connectivity index (χ0) is 8.97. The van der Waals surface area contributed by atoms with Crippen molar-refractivity contribution in [3.05, 3.63) is 23.2 Å². The summed E-state index contributed by atoms with van der Waals surface area (Å²) in [6, 6.07) is 2.00. The van der Waals surface area contributed by atoms with Gasteiger partial charge in [0.1, 0.15) is 5.75 Å². The first-order valence-electron chi connectivity index (χ1n) is 3.81. The zero-order valence-corrected chi connectivity index (χ0v) is 9.45. The van der Waals surface area contributed by atoms with Gasteiger partial charge in [0.15, 0.2) is 0 Å². The Morgan fingerprint density at radius 1 is 1.75 bits per heavy atom. The van der Waals surface area contributed by atoms with Crippen LogP contribution in [0.5, 0.6) is 5.75 Å². The third-order valence-electron chi connectivity index (χ3n) is 1.64. The van der Waals surface area contributed by atoms with Crippen LogP contribution in [0.4, 0.5) is 0 Å². The van der Waals surface area contributed by atoms with Crippen LogP contribution in [0.25, 0.3) is 0 Å². The second-order valence-corrected chi connectivity index (χ2v) is 4.80. The first-order chi connectivity index (χ1) is 5.77. The van der Waals surface area contributed by atoms with Gasteiger partial charge >= 0.3 is 0 Å². The Hall–Kier alpha value is -0.0200. The van der Waals surface area contributed by atoms with Crippen LogP contribution >= 0.6 is 27.3 Å². The molecule has 0 aliphatic rings. The summed E-state index contributed by atoms with van der Waals surface area (Å²) < 4.78 is 5.20. The van der Waals surface area contributed by atoms with Crippen LogP contribution in [0, 0.1) is 6.92 Å². The van der Waals surface area contributed by atoms with E-state index in [-0.39, 0.29) is 0 Å². The number of alkyl halides is 1. The monoisotopic (exact) mass is 247 g/mol. The highest BCUT2D eigenvalue weighted by atomic mass is 79.9. The molecule has 1 heterocycles. The van der Waals surface area contributed by atoms with E-state index in [0.717, 1.165) is 18.6 Å². The molecule has 1 nitrogen and oxygen atoms in total. The molecular weight excluding hydrogens is 236 g/mol. The Morgan fingerprint density at radius 2 is 2.50 bits per heavy atom. The minimum Gasteiger partial charge on any atom is -0.496 e. The fraction of sp³-hybridized carbons (Fsp3) is 0.444. The molecule has 0 N–H and O–H groups in total. The lowest BCUT2D eigenvalue weighted by molar-refractivity contribution is 0.412. The lowest BCUT2D eigenvalue weighted by atomic mass is 10.2. The molecule has 1 radical (unpaired) electrons. The number of methoxy groups -OCH3 is 1. The molecule has 12 heavy (non-hydrogen) atoms. The lowest BCUT2D eigenvalue weighted by Gasteiger charge is -2.06. The molecule has 1 aromatic heterocycles. The Kier molecular flexibility index (Phi) is 4.09. The van der Waals surface area contributed by atoms with Crippen LogP contribution in [0.2, 0.25) is 0 Å². The average Bonchev–Trinajstić information content (AvgIpc) is 2.51. The number of halogens is 1. The van der Waals surface area contributed by atoms with E-state index < -0.39 is 0 Å². The number of rotatable bonds is 4. The molecule has 0 bridgehead atoms. The smallest absolute Gasteiger partial charge is 0.132 e. The maximum Gasteiger partial charge on any atom is 0.132 e. The Labute approximate surface area is 85.9 Å². The Bertz CT molecular complexity index is 234. The first-order valence-corrected chi connectivity index (χ1v) is 5.61. The standard InChI is InChI=1S/C9H12BrOS/c1-3-7(10)6-9-8(11-2)4-5-12-9/h4-5,7H,1,3,6H2,2H3. The van der Waals surface area contributed by atoms with E-state index in [1.807, 2.05) is 6.07 Å². The molecule has 0 saturated heterocycles. The number of hydrogen-bond acceptors (Lipinski definition) is 2. The molecule has 1 unspecified atom stereocenters. The van der Waals surface area contributed by atoms with E-state index in [0.29, 0.717) is 4.83 Å². The van der Waals surface area contributed by atoms with E-state index in [1.54, 1.807) is 18.4 Å². The van der Waals surface area contributed by atoms with E-state index >= 15 is 0 Å². The van der Waals surface area contributed by atoms with Gasteiger partial charge in [-0.1, -0.05) is 22.9 Å². The summed E-state index contributed by atoms with van der Waals surface area (Å²) in [4.78, 5) is 1.76. The van der Waals surface area contributed by atoms with Crippen LogP contribution < -0.4 is 4.74 Å². The van der Waals surface area contributed by atoms with Crippen molar-refractivity contribution >= 4 is 27.3 Å². The molecule has 0 fully saturated rings. The molecule has 67 valence electrons. The van der Waals surface area contributed by atoms with Gasteiger partial charge in [0, 0.05) is 9.70 Å². The molecule has 0 spiro atoms. The van der Waals surface area contributed by atoms with Crippen LogP contribution in [0.3, 0.4) is 0 Å². The van der Waals surface area contributed by atoms with Crippen molar-refractivity contribution in [2.75, 3.05) is 7.11 Å². The molecular formula is C9H12BrOS. The van der Waals surface area contributed by atoms with Gasteiger partial charge in [-0.05, 0) is 24.3 Å². The fourth-order valence-corrected chi connectivity index (χ4v) is 2.42. The summed E-state index contributed by atoms with van der Waals surface area (Å²) in [7, 11) is 1.71. The van der Waals surface area contributed by atoms with Crippen molar-refractivity contribution in [2.45, 2.75) is 17.7 Å². The maximum absolute atomic E-state index is 5.20. The molecule has 0 aliphatic carbocycles. The minimum absolute atomic E-state index is 0.463. The van der Waals surface area contributed by atoms with Gasteiger partial charge in [-0.15, -0.1) is 11.3 Å². The summed E-state index contributed by atoms with van der Waals surface area (Å²) in [5.74, 6) is 0.998. The first kappa shape index (κ1) is 10.1. The second-order valence-electron chi connectivity index (χ2n) is 2.50. The SMILES string of the molecule is [CH2]CC(Br)Cc1sccc1OC. The van der Waals surface area contributed by atoms with Gasteiger partial charge in [-0.25, -0.2) is 0 Å². The summed E-state index contributed by atoms with van der Waals surface area (Å²) in [6.45, 7) is 3.84. The van der Waals surface area contributed by atoms with Crippen molar-refractivity contribution in [2.24, 2.45) is 0 Å². The van der Waals surface area contributed by atoms with Crippen molar-refractivity contribution in [3.8, 4) is 5.75 Å². The lowest BCUT2D eigenvalue weighted by Crippen LogP contribution is -1.99. The molecule has 1 atom stereocenters. The Balaban J connectivity index is 2.61. The molecule has 0 saturated carbocycles. The highest BCUT2D eigenvalue weighted by Gasteiger charge is 2.08. The maximum atomic E-state index is 5.20. The molecule has 0 amide bonds. The van der Waals surface area contributed by atoms with Gasteiger partial charge in [0.25, 0.3) is 0 Å². The summed E-state index contributed by atoms with van der Waals surface area (Å²) >= 11 is 5.29. The third-order valence-corrected chi connectivity index (χ3v) is 3.35. The minimum atomic E-state index is 0.463. The largest absolute Gasteiger partial charge is 0.496 e. The van der Waals surface area contributed by atoms with Crippen LogP contribution in [-0.2, 0) is 6.42 Å². The molecule has 1 aromatic rings. The van der Waals surface area contributed by atoms with Crippen molar-refractivity contribution in [1.82, 2.24) is 0 Å². The van der Waals surface area contributed by atoms with Gasteiger partial charge in [0.2, 0.25) is 0 Å². The van der Waals surface area contributed by atoms with Gasteiger partial charge in [0.05, 0.1) is 7.11 Å². The number of hydrogen-bond donors (Lipinski definition) is 0. The van der Waals surface area contributed by atoms with Crippen LogP contribution in [0.1, 0.15) is 11.3 Å². The van der Waals surface area contributed by atoms with Gasteiger partial charge in [-0.2, -0.15) is 0 Å². The summed E-state index contributed by atoms with van der Waals surface area (Å²) in [6.07, 6.45) is 1.91. The third kappa shape index (κ3) is 2.49. The highest BCUT2D eigenvalue weighted by molar-refractivity contribution is 9.09. The normalized spacial score (nSPS) is 12.9. The van der Waals surface area contributed by atoms with Gasteiger partial charge in [-0.3, -0.25) is 0 Å². The van der Waals surface area contributed by atoms with Crippen molar-refractivity contribution < 1.29 is 4.74 Å². The average molecular weight is 248 g/mol. The molecule has 0 aromatic carbocycles. The molecule has 3 heteroatoms. The molecule has 0 aliphatic heterocycles. The van der Waals surface area contributed by atoms with Crippen LogP contribution in [-0.4, -0.2) is 11.9 Å². The second kappa shape index (κ2) is 4.87. The van der Waals surface area contributed by atoms with Gasteiger partial charge < -0.3 is 4.74 Å². The van der Waals surface area contributed by atoms with E-state index in [4.69, 9.17) is 4.74 Å². The fourth-order valence-electron chi connectivity index (χ4n) is 0.963. The predicted molar refractivity (Wildman–Crippen MR) is 57.3 cm³/mol. The number of thiophene rings is 1. The topological polar surface area (TPSA) is 9.23 Å². The van der Waals surface area contributed by atoms with E-state index in [1.165, 1.54) is 4.88 Å². The summed E-state index contributed by atoms with van der Waals surface area (Å²) in [5, 5.41) is 2.05.